The van der Waals surface area contributed by atoms with Crippen molar-refractivity contribution in [2.24, 2.45) is 5.73 Å². The zero-order chi connectivity index (χ0) is 15.6. The number of rotatable bonds is 5. The highest BCUT2D eigenvalue weighted by Crippen LogP contribution is 2.20. The standard InChI is InChI=1S/C12H16FN5O2S/c1-7-3-10(4-9(5-14)11(7)13)21(19,20)18-8(2)12-15-6-16-17-12/h3-4,6,8,18H,5,14H2,1-2H3,(H,15,16,17). The average Bonchev–Trinajstić information content (AvgIpc) is 2.95. The van der Waals surface area contributed by atoms with Crippen molar-refractivity contribution in [2.45, 2.75) is 31.3 Å². The van der Waals surface area contributed by atoms with Crippen LogP contribution in [0.15, 0.2) is 23.4 Å². The normalized spacial score (nSPS) is 13.3. The van der Waals surface area contributed by atoms with E-state index in [9.17, 15) is 12.8 Å². The molecule has 0 aliphatic rings. The van der Waals surface area contributed by atoms with Crippen LogP contribution >= 0.6 is 0 Å². The summed E-state index contributed by atoms with van der Waals surface area (Å²) in [4.78, 5) is 3.85. The number of nitrogens with one attached hydrogen (secondary N) is 2. The molecule has 4 N–H and O–H groups in total. The molecule has 0 fully saturated rings. The topological polar surface area (TPSA) is 114 Å². The van der Waals surface area contributed by atoms with Crippen molar-refractivity contribution < 1.29 is 12.8 Å². The number of nitrogens with two attached hydrogens (primary N) is 1. The maximum Gasteiger partial charge on any atom is 0.241 e. The number of benzene rings is 1. The average molecular weight is 313 g/mol. The predicted molar refractivity (Wildman–Crippen MR) is 74.1 cm³/mol. The lowest BCUT2D eigenvalue weighted by Gasteiger charge is -2.13. The van der Waals surface area contributed by atoms with E-state index in [-0.39, 0.29) is 22.6 Å². The van der Waals surface area contributed by atoms with Crippen LogP contribution in [0.25, 0.3) is 0 Å². The monoisotopic (exact) mass is 313 g/mol. The number of aromatic nitrogens is 3. The Morgan fingerprint density at radius 1 is 1.48 bits per heavy atom. The van der Waals surface area contributed by atoms with Gasteiger partial charge in [0.05, 0.1) is 10.9 Å². The Balaban J connectivity index is 2.34. The molecule has 0 saturated heterocycles. The van der Waals surface area contributed by atoms with Gasteiger partial charge in [-0.05, 0) is 31.5 Å². The number of aromatic amines is 1. The summed E-state index contributed by atoms with van der Waals surface area (Å²) >= 11 is 0. The summed E-state index contributed by atoms with van der Waals surface area (Å²) in [6, 6.07) is 1.91. The molecule has 9 heteroatoms. The molecule has 1 aromatic carbocycles. The molecule has 7 nitrogen and oxygen atoms in total. The highest BCUT2D eigenvalue weighted by atomic mass is 32.2. The van der Waals surface area contributed by atoms with E-state index < -0.39 is 21.9 Å². The zero-order valence-corrected chi connectivity index (χ0v) is 12.4. The molecule has 0 aliphatic carbocycles. The predicted octanol–water partition coefficient (Wildman–Crippen LogP) is 0.750. The second-order valence-electron chi connectivity index (χ2n) is 4.63. The van der Waals surface area contributed by atoms with E-state index in [1.807, 2.05) is 0 Å². The molecule has 1 heterocycles. The largest absolute Gasteiger partial charge is 0.326 e. The summed E-state index contributed by atoms with van der Waals surface area (Å²) in [6.45, 7) is 3.04. The van der Waals surface area contributed by atoms with Crippen LogP contribution in [0.5, 0.6) is 0 Å². The molecule has 1 atom stereocenters. The third-order valence-electron chi connectivity index (χ3n) is 3.01. The highest BCUT2D eigenvalue weighted by Gasteiger charge is 2.22. The smallest absolute Gasteiger partial charge is 0.241 e. The molecular formula is C12H16FN5O2S. The Morgan fingerprint density at radius 2 is 2.19 bits per heavy atom. The fourth-order valence-corrected chi connectivity index (χ4v) is 3.23. The van der Waals surface area contributed by atoms with Crippen LogP contribution in [0.1, 0.15) is 29.9 Å². The first kappa shape index (κ1) is 15.5. The van der Waals surface area contributed by atoms with E-state index in [1.54, 1.807) is 6.92 Å². The SMILES string of the molecule is Cc1cc(S(=O)(=O)NC(C)c2ncn[nH]2)cc(CN)c1F. The molecule has 0 spiro atoms. The van der Waals surface area contributed by atoms with Crippen LogP contribution in [0.2, 0.25) is 0 Å². The van der Waals surface area contributed by atoms with E-state index in [1.165, 1.54) is 25.4 Å². The molecule has 0 bridgehead atoms. The van der Waals surface area contributed by atoms with E-state index in [0.717, 1.165) is 0 Å². The Bertz CT molecular complexity index is 730. The fraction of sp³-hybridized carbons (Fsp3) is 0.333. The first-order valence-corrected chi connectivity index (χ1v) is 7.70. The van der Waals surface area contributed by atoms with Gasteiger partial charge in [0, 0.05) is 12.1 Å². The number of nitrogens with zero attached hydrogens (tertiary/aromatic N) is 2. The van der Waals surface area contributed by atoms with Crippen molar-refractivity contribution in [3.8, 4) is 0 Å². The Labute approximate surface area is 121 Å². The molecule has 0 amide bonds. The van der Waals surface area contributed by atoms with Crippen molar-refractivity contribution in [2.75, 3.05) is 0 Å². The van der Waals surface area contributed by atoms with Gasteiger partial charge in [-0.2, -0.15) is 5.10 Å². The van der Waals surface area contributed by atoms with Gasteiger partial charge in [0.1, 0.15) is 18.0 Å². The van der Waals surface area contributed by atoms with Crippen LogP contribution in [-0.2, 0) is 16.6 Å². The minimum absolute atomic E-state index is 0.0341. The van der Waals surface area contributed by atoms with E-state index in [0.29, 0.717) is 5.82 Å². The second-order valence-corrected chi connectivity index (χ2v) is 6.35. The van der Waals surface area contributed by atoms with Crippen LogP contribution in [-0.4, -0.2) is 23.6 Å². The lowest BCUT2D eigenvalue weighted by Crippen LogP contribution is -2.28. The van der Waals surface area contributed by atoms with E-state index in [2.05, 4.69) is 19.9 Å². The molecule has 0 aliphatic heterocycles. The highest BCUT2D eigenvalue weighted by molar-refractivity contribution is 7.89. The third-order valence-corrected chi connectivity index (χ3v) is 4.53. The number of sulfonamides is 1. The number of hydrogen-bond donors (Lipinski definition) is 3. The van der Waals surface area contributed by atoms with Gasteiger partial charge in [-0.3, -0.25) is 5.10 Å². The Kier molecular flexibility index (Phi) is 4.35. The first-order valence-electron chi connectivity index (χ1n) is 6.22. The van der Waals surface area contributed by atoms with Gasteiger partial charge in [-0.15, -0.1) is 0 Å². The lowest BCUT2D eigenvalue weighted by molar-refractivity contribution is 0.558. The molecule has 1 unspecified atom stereocenters. The molecule has 114 valence electrons. The van der Waals surface area contributed by atoms with E-state index >= 15 is 0 Å². The summed E-state index contributed by atoms with van der Waals surface area (Å²) < 4.78 is 40.9. The zero-order valence-electron chi connectivity index (χ0n) is 11.6. The van der Waals surface area contributed by atoms with Crippen molar-refractivity contribution >= 4 is 10.0 Å². The van der Waals surface area contributed by atoms with Crippen molar-refractivity contribution in [3.05, 3.63) is 41.2 Å². The van der Waals surface area contributed by atoms with Crippen molar-refractivity contribution in [1.82, 2.24) is 19.9 Å². The minimum atomic E-state index is -3.82. The summed E-state index contributed by atoms with van der Waals surface area (Å²) in [6.07, 6.45) is 1.29. The second kappa shape index (κ2) is 5.88. The van der Waals surface area contributed by atoms with Gasteiger partial charge in [0.15, 0.2) is 0 Å². The van der Waals surface area contributed by atoms with Crippen LogP contribution in [0, 0.1) is 12.7 Å². The van der Waals surface area contributed by atoms with E-state index in [4.69, 9.17) is 5.73 Å². The molecule has 21 heavy (non-hydrogen) atoms. The Morgan fingerprint density at radius 3 is 2.76 bits per heavy atom. The summed E-state index contributed by atoms with van der Waals surface area (Å²) in [5.41, 5.74) is 5.81. The minimum Gasteiger partial charge on any atom is -0.326 e. The van der Waals surface area contributed by atoms with Crippen LogP contribution < -0.4 is 10.5 Å². The molecule has 0 saturated carbocycles. The van der Waals surface area contributed by atoms with Gasteiger partial charge in [0.2, 0.25) is 10.0 Å². The van der Waals surface area contributed by atoms with Gasteiger partial charge >= 0.3 is 0 Å². The molecule has 2 aromatic rings. The van der Waals surface area contributed by atoms with Gasteiger partial charge in [0.25, 0.3) is 0 Å². The van der Waals surface area contributed by atoms with Crippen molar-refractivity contribution in [1.29, 1.82) is 0 Å². The van der Waals surface area contributed by atoms with Gasteiger partial charge in [-0.25, -0.2) is 22.5 Å². The fourth-order valence-electron chi connectivity index (χ4n) is 1.89. The number of hydrogen-bond acceptors (Lipinski definition) is 5. The molecule has 2 rings (SSSR count). The number of aryl methyl sites for hydroxylation is 1. The number of halogens is 1. The first-order chi connectivity index (χ1) is 9.85. The maximum atomic E-state index is 13.7. The van der Waals surface area contributed by atoms with Gasteiger partial charge < -0.3 is 5.73 Å². The molecule has 0 radical (unpaired) electrons. The lowest BCUT2D eigenvalue weighted by atomic mass is 10.1. The maximum absolute atomic E-state index is 13.7. The molecule has 1 aromatic heterocycles. The summed E-state index contributed by atoms with van der Waals surface area (Å²) in [5.74, 6) is -0.101. The third kappa shape index (κ3) is 3.26. The van der Waals surface area contributed by atoms with Crippen LogP contribution in [0.3, 0.4) is 0 Å². The summed E-state index contributed by atoms with van der Waals surface area (Å²) in [7, 11) is -3.82. The Hall–Kier alpha value is -1.84. The summed E-state index contributed by atoms with van der Waals surface area (Å²) in [5, 5.41) is 6.25. The van der Waals surface area contributed by atoms with Crippen molar-refractivity contribution in [3.63, 3.8) is 0 Å². The quantitative estimate of drug-likeness (QED) is 0.753. The number of H-pyrrole nitrogens is 1. The molecular weight excluding hydrogens is 297 g/mol. The van der Waals surface area contributed by atoms with Crippen LogP contribution in [0.4, 0.5) is 4.39 Å². The van der Waals surface area contributed by atoms with Gasteiger partial charge in [-0.1, -0.05) is 0 Å².